The zero-order valence-corrected chi connectivity index (χ0v) is 23.0. The van der Waals surface area contributed by atoms with E-state index in [4.69, 9.17) is 4.74 Å². The van der Waals surface area contributed by atoms with Crippen LogP contribution in [0.1, 0.15) is 57.5 Å². The van der Waals surface area contributed by atoms with Crippen molar-refractivity contribution >= 4 is 17.8 Å². The van der Waals surface area contributed by atoms with Gasteiger partial charge < -0.3 is 15.4 Å². The first-order chi connectivity index (χ1) is 18.7. The SMILES string of the molecule is CC(C)C[C@H](NC(=O)[C@H](CC(C)C)NC(=O)OCc1ccccc1)C(=O)Cn1nnnc1Cc1ccccc1. The summed E-state index contributed by atoms with van der Waals surface area (Å²) < 4.78 is 6.79. The molecule has 0 aliphatic rings. The summed E-state index contributed by atoms with van der Waals surface area (Å²) in [5, 5.41) is 17.4. The lowest BCUT2D eigenvalue weighted by atomic mass is 9.98. The molecule has 3 rings (SSSR count). The van der Waals surface area contributed by atoms with Crippen LogP contribution < -0.4 is 10.6 Å². The van der Waals surface area contributed by atoms with E-state index in [1.54, 1.807) is 0 Å². The first-order valence-corrected chi connectivity index (χ1v) is 13.3. The maximum atomic E-state index is 13.4. The number of carbonyl (C=O) groups excluding carboxylic acids is 3. The molecule has 2 N–H and O–H groups in total. The van der Waals surface area contributed by atoms with Gasteiger partial charge in [0.15, 0.2) is 11.6 Å². The van der Waals surface area contributed by atoms with E-state index in [9.17, 15) is 14.4 Å². The third-order valence-corrected chi connectivity index (χ3v) is 6.06. The number of alkyl carbamates (subject to hydrolysis) is 1. The Balaban J connectivity index is 1.65. The van der Waals surface area contributed by atoms with Crippen molar-refractivity contribution in [3.8, 4) is 0 Å². The van der Waals surface area contributed by atoms with Gasteiger partial charge in [0.1, 0.15) is 19.2 Å². The van der Waals surface area contributed by atoms with Crippen molar-refractivity contribution in [2.75, 3.05) is 0 Å². The molecule has 0 spiro atoms. The number of aromatic nitrogens is 4. The summed E-state index contributed by atoms with van der Waals surface area (Å²) >= 11 is 0. The molecule has 0 saturated heterocycles. The van der Waals surface area contributed by atoms with Gasteiger partial charge in [-0.25, -0.2) is 9.48 Å². The zero-order valence-electron chi connectivity index (χ0n) is 23.0. The van der Waals surface area contributed by atoms with Crippen molar-refractivity contribution in [2.45, 2.75) is 72.2 Å². The lowest BCUT2D eigenvalue weighted by Gasteiger charge is -2.25. The maximum Gasteiger partial charge on any atom is 0.408 e. The van der Waals surface area contributed by atoms with Gasteiger partial charge in [-0.05, 0) is 46.2 Å². The van der Waals surface area contributed by atoms with E-state index < -0.39 is 24.1 Å². The molecule has 2 amide bonds. The number of nitrogens with one attached hydrogen (secondary N) is 2. The number of benzene rings is 2. The third-order valence-electron chi connectivity index (χ3n) is 6.06. The van der Waals surface area contributed by atoms with Gasteiger partial charge in [0, 0.05) is 6.42 Å². The molecule has 0 saturated carbocycles. The van der Waals surface area contributed by atoms with Gasteiger partial charge in [-0.1, -0.05) is 88.4 Å². The molecule has 2 atom stereocenters. The van der Waals surface area contributed by atoms with Gasteiger partial charge in [-0.2, -0.15) is 0 Å². The van der Waals surface area contributed by atoms with E-state index in [0.29, 0.717) is 25.1 Å². The minimum absolute atomic E-state index is 0.0752. The predicted octanol–water partition coefficient (Wildman–Crippen LogP) is 3.71. The molecule has 0 aliphatic carbocycles. The van der Waals surface area contributed by atoms with E-state index in [1.165, 1.54) is 4.68 Å². The standard InChI is InChI=1S/C29H38N6O4/c1-20(2)15-24(26(36)18-35-27(32-33-34-35)17-22-11-7-5-8-12-22)30-28(37)25(16-21(3)4)31-29(38)39-19-23-13-9-6-10-14-23/h5-14,20-21,24-25H,15-19H2,1-4H3,(H,30,37)(H,31,38)/t24-,25-/m0/s1. The van der Waals surface area contributed by atoms with E-state index in [0.717, 1.165) is 11.1 Å². The Labute approximate surface area is 229 Å². The molecule has 39 heavy (non-hydrogen) atoms. The van der Waals surface area contributed by atoms with Crippen molar-refractivity contribution in [1.82, 2.24) is 30.8 Å². The number of ketones is 1. The highest BCUT2D eigenvalue weighted by Crippen LogP contribution is 2.12. The fourth-order valence-electron chi connectivity index (χ4n) is 4.13. The second-order valence-electron chi connectivity index (χ2n) is 10.5. The topological polar surface area (TPSA) is 128 Å². The van der Waals surface area contributed by atoms with Gasteiger partial charge in [-0.15, -0.1) is 5.10 Å². The van der Waals surface area contributed by atoms with Crippen LogP contribution in [-0.2, 0) is 33.9 Å². The molecule has 0 bridgehead atoms. The summed E-state index contributed by atoms with van der Waals surface area (Å²) in [5.74, 6) is 0.180. The van der Waals surface area contributed by atoms with E-state index in [1.807, 2.05) is 88.4 Å². The summed E-state index contributed by atoms with van der Waals surface area (Å²) in [6.07, 6.45) is 0.621. The number of rotatable bonds is 14. The predicted molar refractivity (Wildman–Crippen MR) is 146 cm³/mol. The molecule has 2 aromatic carbocycles. The summed E-state index contributed by atoms with van der Waals surface area (Å²) in [6.45, 7) is 7.90. The number of carbonyl (C=O) groups is 3. The average molecular weight is 535 g/mol. The molecule has 1 aromatic heterocycles. The van der Waals surface area contributed by atoms with Crippen LogP contribution in [-0.4, -0.2) is 50.1 Å². The molecular formula is C29H38N6O4. The first kappa shape index (κ1) is 29.5. The van der Waals surface area contributed by atoms with Crippen LogP contribution in [0.25, 0.3) is 0 Å². The van der Waals surface area contributed by atoms with Crippen molar-refractivity contribution in [3.05, 3.63) is 77.6 Å². The van der Waals surface area contributed by atoms with Gasteiger partial charge in [0.2, 0.25) is 5.91 Å². The number of nitrogens with zero attached hydrogens (tertiary/aromatic N) is 4. The number of amides is 2. The molecule has 10 heteroatoms. The van der Waals surface area contributed by atoms with Gasteiger partial charge in [-0.3, -0.25) is 9.59 Å². The van der Waals surface area contributed by atoms with Crippen LogP contribution in [0.5, 0.6) is 0 Å². The minimum Gasteiger partial charge on any atom is -0.445 e. The molecule has 0 fully saturated rings. The molecular weight excluding hydrogens is 496 g/mol. The Hall–Kier alpha value is -4.08. The Bertz CT molecular complexity index is 1200. The zero-order chi connectivity index (χ0) is 28.2. The fourth-order valence-corrected chi connectivity index (χ4v) is 4.13. The van der Waals surface area contributed by atoms with Gasteiger partial charge in [0.05, 0.1) is 6.04 Å². The third kappa shape index (κ3) is 9.96. The molecule has 3 aromatic rings. The average Bonchev–Trinajstić information content (AvgIpc) is 3.33. The number of ether oxygens (including phenoxy) is 1. The summed E-state index contributed by atoms with van der Waals surface area (Å²) in [5.41, 5.74) is 1.86. The van der Waals surface area contributed by atoms with Crippen molar-refractivity contribution in [3.63, 3.8) is 0 Å². The lowest BCUT2D eigenvalue weighted by Crippen LogP contribution is -2.52. The maximum absolute atomic E-state index is 13.4. The largest absolute Gasteiger partial charge is 0.445 e. The summed E-state index contributed by atoms with van der Waals surface area (Å²) in [7, 11) is 0. The van der Waals surface area contributed by atoms with E-state index in [-0.39, 0.29) is 30.8 Å². The monoisotopic (exact) mass is 534 g/mol. The molecule has 0 radical (unpaired) electrons. The Morgan fingerprint density at radius 2 is 1.41 bits per heavy atom. The van der Waals surface area contributed by atoms with E-state index in [2.05, 4.69) is 26.2 Å². The van der Waals surface area contributed by atoms with Crippen LogP contribution in [0.2, 0.25) is 0 Å². The summed E-state index contributed by atoms with van der Waals surface area (Å²) in [4.78, 5) is 39.2. The van der Waals surface area contributed by atoms with E-state index >= 15 is 0 Å². The Morgan fingerprint density at radius 1 is 0.821 bits per heavy atom. The number of tetrazole rings is 1. The highest BCUT2D eigenvalue weighted by molar-refractivity contribution is 5.92. The van der Waals surface area contributed by atoms with Crippen LogP contribution >= 0.6 is 0 Å². The van der Waals surface area contributed by atoms with Crippen molar-refractivity contribution < 1.29 is 19.1 Å². The van der Waals surface area contributed by atoms with Crippen molar-refractivity contribution in [1.29, 1.82) is 0 Å². The molecule has 208 valence electrons. The fraction of sp³-hybridized carbons (Fsp3) is 0.448. The number of hydrogen-bond acceptors (Lipinski definition) is 7. The second-order valence-corrected chi connectivity index (χ2v) is 10.5. The first-order valence-electron chi connectivity index (χ1n) is 13.3. The number of hydrogen-bond donors (Lipinski definition) is 2. The van der Waals surface area contributed by atoms with Crippen LogP contribution in [0.3, 0.4) is 0 Å². The van der Waals surface area contributed by atoms with Crippen LogP contribution in [0.4, 0.5) is 4.79 Å². The van der Waals surface area contributed by atoms with Crippen LogP contribution in [0.15, 0.2) is 60.7 Å². The van der Waals surface area contributed by atoms with Crippen LogP contribution in [0, 0.1) is 11.8 Å². The smallest absolute Gasteiger partial charge is 0.408 e. The van der Waals surface area contributed by atoms with Gasteiger partial charge >= 0.3 is 6.09 Å². The molecule has 1 heterocycles. The Kier molecular flexibility index (Phi) is 11.1. The quantitative estimate of drug-likeness (QED) is 0.323. The second kappa shape index (κ2) is 14.8. The normalized spacial score (nSPS) is 12.7. The number of Topliss-reactive ketones (excluding diaryl/α,β-unsaturated/α-hetero) is 1. The minimum atomic E-state index is -0.850. The molecule has 0 unspecified atom stereocenters. The summed E-state index contributed by atoms with van der Waals surface area (Å²) in [6, 6.07) is 17.4. The van der Waals surface area contributed by atoms with Crippen molar-refractivity contribution in [2.24, 2.45) is 11.8 Å². The highest BCUT2D eigenvalue weighted by Gasteiger charge is 2.29. The Morgan fingerprint density at radius 3 is 2.03 bits per heavy atom. The molecule has 10 nitrogen and oxygen atoms in total. The van der Waals surface area contributed by atoms with Gasteiger partial charge in [0.25, 0.3) is 0 Å². The molecule has 0 aliphatic heterocycles. The lowest BCUT2D eigenvalue weighted by molar-refractivity contribution is -0.130. The highest BCUT2D eigenvalue weighted by atomic mass is 16.5.